The Morgan fingerprint density at radius 1 is 0.875 bits per heavy atom. The van der Waals surface area contributed by atoms with Gasteiger partial charge < -0.3 is 0 Å². The fourth-order valence-corrected chi connectivity index (χ4v) is 3.90. The van der Waals surface area contributed by atoms with Gasteiger partial charge >= 0.3 is 0 Å². The van der Waals surface area contributed by atoms with Gasteiger partial charge in [-0.1, -0.05) is 66.2 Å². The van der Waals surface area contributed by atoms with Crippen molar-refractivity contribution in [1.29, 1.82) is 0 Å². The van der Waals surface area contributed by atoms with Crippen LogP contribution in [-0.4, -0.2) is 20.2 Å². The van der Waals surface area contributed by atoms with E-state index in [-0.39, 0.29) is 17.0 Å². The van der Waals surface area contributed by atoms with E-state index in [4.69, 9.17) is 0 Å². The van der Waals surface area contributed by atoms with Gasteiger partial charge in [0.2, 0.25) is 10.0 Å². The van der Waals surface area contributed by atoms with Gasteiger partial charge in [0.1, 0.15) is 0 Å². The highest BCUT2D eigenvalue weighted by Gasteiger charge is 2.16. The van der Waals surface area contributed by atoms with Crippen LogP contribution in [0.3, 0.4) is 0 Å². The quantitative estimate of drug-likeness (QED) is 0.381. The number of benzene rings is 3. The van der Waals surface area contributed by atoms with Crippen LogP contribution in [0.2, 0.25) is 0 Å². The molecular formula is C24H23N3O4S. The standard InChI is InChI=1S/C24H23N3O4S/c1-18-7-5-10-19(15-18)13-14-23(28)26-27-24(29)21-11-6-12-22(16-21)32(30,31)25-17-20-8-3-2-4-9-20/h2-16,25H,17H2,1H3,(H,26,28)(H,27,29)/b14-13+. The molecule has 0 spiro atoms. The minimum atomic E-state index is -3.82. The van der Waals surface area contributed by atoms with E-state index in [2.05, 4.69) is 15.6 Å². The second-order valence-electron chi connectivity index (χ2n) is 7.03. The summed E-state index contributed by atoms with van der Waals surface area (Å²) in [5, 5.41) is 0. The number of aryl methyl sites for hydroxylation is 1. The molecule has 3 aromatic carbocycles. The summed E-state index contributed by atoms with van der Waals surface area (Å²) in [6.07, 6.45) is 2.92. The van der Waals surface area contributed by atoms with Crippen LogP contribution in [0.1, 0.15) is 27.0 Å². The highest BCUT2D eigenvalue weighted by molar-refractivity contribution is 7.89. The molecule has 0 aliphatic rings. The van der Waals surface area contributed by atoms with Crippen molar-refractivity contribution in [2.75, 3.05) is 0 Å². The Morgan fingerprint density at radius 2 is 1.62 bits per heavy atom. The lowest BCUT2D eigenvalue weighted by molar-refractivity contribution is -0.117. The predicted octanol–water partition coefficient (Wildman–Crippen LogP) is 2.95. The zero-order valence-corrected chi connectivity index (χ0v) is 18.2. The molecule has 0 fully saturated rings. The zero-order chi connectivity index (χ0) is 23.0. The number of nitrogens with one attached hydrogen (secondary N) is 3. The van der Waals surface area contributed by atoms with Crippen LogP contribution in [0.15, 0.2) is 89.8 Å². The number of amides is 2. The summed E-state index contributed by atoms with van der Waals surface area (Å²) in [5.74, 6) is -1.16. The largest absolute Gasteiger partial charge is 0.269 e. The topological polar surface area (TPSA) is 104 Å². The van der Waals surface area contributed by atoms with Crippen LogP contribution in [0, 0.1) is 6.92 Å². The van der Waals surface area contributed by atoms with Crippen LogP contribution in [-0.2, 0) is 21.4 Å². The van der Waals surface area contributed by atoms with Gasteiger partial charge in [0.25, 0.3) is 11.8 Å². The van der Waals surface area contributed by atoms with Gasteiger partial charge in [-0.05, 0) is 42.3 Å². The zero-order valence-electron chi connectivity index (χ0n) is 17.4. The number of carbonyl (C=O) groups excluding carboxylic acids is 2. The van der Waals surface area contributed by atoms with Crippen molar-refractivity contribution in [3.63, 3.8) is 0 Å². The molecule has 0 unspecified atom stereocenters. The van der Waals surface area contributed by atoms with Gasteiger partial charge in [-0.25, -0.2) is 13.1 Å². The number of hydrogen-bond acceptors (Lipinski definition) is 4. The van der Waals surface area contributed by atoms with Crippen LogP contribution in [0.25, 0.3) is 6.08 Å². The molecule has 3 aromatic rings. The SMILES string of the molecule is Cc1cccc(/C=C/C(=O)NNC(=O)c2cccc(S(=O)(=O)NCc3ccccc3)c2)c1. The summed E-state index contributed by atoms with van der Waals surface area (Å²) in [6, 6.07) is 22.3. The third kappa shape index (κ3) is 6.63. The molecule has 0 saturated heterocycles. The molecule has 8 heteroatoms. The molecular weight excluding hydrogens is 426 g/mol. The number of hydrogen-bond donors (Lipinski definition) is 3. The molecule has 7 nitrogen and oxygen atoms in total. The lowest BCUT2D eigenvalue weighted by Crippen LogP contribution is -2.40. The molecule has 3 N–H and O–H groups in total. The molecule has 0 aliphatic carbocycles. The van der Waals surface area contributed by atoms with Crippen molar-refractivity contribution in [1.82, 2.24) is 15.6 Å². The second kappa shape index (κ2) is 10.5. The van der Waals surface area contributed by atoms with E-state index in [1.165, 1.54) is 30.3 Å². The minimum Gasteiger partial charge on any atom is -0.268 e. The van der Waals surface area contributed by atoms with E-state index in [0.717, 1.165) is 16.7 Å². The summed E-state index contributed by atoms with van der Waals surface area (Å²) in [6.45, 7) is 2.08. The first-order valence-electron chi connectivity index (χ1n) is 9.82. The Labute approximate surface area is 187 Å². The number of sulfonamides is 1. The van der Waals surface area contributed by atoms with Crippen molar-refractivity contribution >= 4 is 27.9 Å². The van der Waals surface area contributed by atoms with E-state index in [1.54, 1.807) is 6.08 Å². The molecule has 0 aromatic heterocycles. The Balaban J connectivity index is 1.59. The maximum Gasteiger partial charge on any atom is 0.269 e. The Hall–Kier alpha value is -3.75. The smallest absolute Gasteiger partial charge is 0.268 e. The third-order valence-electron chi connectivity index (χ3n) is 4.48. The van der Waals surface area contributed by atoms with Crippen molar-refractivity contribution in [2.45, 2.75) is 18.4 Å². The maximum absolute atomic E-state index is 12.6. The molecule has 32 heavy (non-hydrogen) atoms. The average Bonchev–Trinajstić information content (AvgIpc) is 2.81. The molecule has 0 heterocycles. The first-order valence-corrected chi connectivity index (χ1v) is 11.3. The van der Waals surface area contributed by atoms with Gasteiger partial charge in [0.15, 0.2) is 0 Å². The third-order valence-corrected chi connectivity index (χ3v) is 5.88. The molecule has 0 bridgehead atoms. The second-order valence-corrected chi connectivity index (χ2v) is 8.80. The lowest BCUT2D eigenvalue weighted by atomic mass is 10.1. The summed E-state index contributed by atoms with van der Waals surface area (Å²) in [7, 11) is -3.82. The Bertz CT molecular complexity index is 1240. The number of rotatable bonds is 7. The predicted molar refractivity (Wildman–Crippen MR) is 123 cm³/mol. The van der Waals surface area contributed by atoms with Crippen molar-refractivity contribution in [3.05, 3.63) is 107 Å². The monoisotopic (exact) mass is 449 g/mol. The maximum atomic E-state index is 12.6. The Morgan fingerprint density at radius 3 is 2.38 bits per heavy atom. The van der Waals surface area contributed by atoms with Crippen LogP contribution >= 0.6 is 0 Å². The molecule has 0 saturated carbocycles. The highest BCUT2D eigenvalue weighted by atomic mass is 32.2. The summed E-state index contributed by atoms with van der Waals surface area (Å²) < 4.78 is 27.6. The van der Waals surface area contributed by atoms with E-state index in [9.17, 15) is 18.0 Å². The molecule has 2 amide bonds. The summed E-state index contributed by atoms with van der Waals surface area (Å²) in [4.78, 5) is 24.3. The summed E-state index contributed by atoms with van der Waals surface area (Å²) >= 11 is 0. The normalized spacial score (nSPS) is 11.3. The van der Waals surface area contributed by atoms with E-state index < -0.39 is 21.8 Å². The first kappa shape index (κ1) is 22.9. The fraction of sp³-hybridized carbons (Fsp3) is 0.0833. The van der Waals surface area contributed by atoms with Gasteiger partial charge in [-0.2, -0.15) is 0 Å². The van der Waals surface area contributed by atoms with Crippen LogP contribution < -0.4 is 15.6 Å². The molecule has 0 atom stereocenters. The van der Waals surface area contributed by atoms with E-state index in [0.29, 0.717) is 0 Å². The number of hydrazine groups is 1. The van der Waals surface area contributed by atoms with E-state index >= 15 is 0 Å². The number of carbonyl (C=O) groups is 2. The molecule has 0 aliphatic heterocycles. The molecule has 3 rings (SSSR count). The molecule has 164 valence electrons. The highest BCUT2D eigenvalue weighted by Crippen LogP contribution is 2.12. The van der Waals surface area contributed by atoms with Gasteiger partial charge in [-0.3, -0.25) is 20.4 Å². The van der Waals surface area contributed by atoms with Gasteiger partial charge in [0, 0.05) is 18.2 Å². The van der Waals surface area contributed by atoms with Crippen molar-refractivity contribution < 1.29 is 18.0 Å². The van der Waals surface area contributed by atoms with Crippen LogP contribution in [0.5, 0.6) is 0 Å². The van der Waals surface area contributed by atoms with Crippen molar-refractivity contribution in [2.24, 2.45) is 0 Å². The van der Waals surface area contributed by atoms with E-state index in [1.807, 2.05) is 61.5 Å². The van der Waals surface area contributed by atoms with Gasteiger partial charge in [0.05, 0.1) is 4.90 Å². The average molecular weight is 450 g/mol. The van der Waals surface area contributed by atoms with Crippen LogP contribution in [0.4, 0.5) is 0 Å². The summed E-state index contributed by atoms with van der Waals surface area (Å²) in [5.41, 5.74) is 7.38. The molecule has 0 radical (unpaired) electrons. The van der Waals surface area contributed by atoms with Gasteiger partial charge in [-0.15, -0.1) is 0 Å². The minimum absolute atomic E-state index is 0.0493. The lowest BCUT2D eigenvalue weighted by Gasteiger charge is -2.09. The fourth-order valence-electron chi connectivity index (χ4n) is 2.84. The van der Waals surface area contributed by atoms with Crippen molar-refractivity contribution in [3.8, 4) is 0 Å². The first-order chi connectivity index (χ1) is 15.3. The Kier molecular flexibility index (Phi) is 7.54.